The van der Waals surface area contributed by atoms with E-state index >= 15 is 0 Å². The summed E-state index contributed by atoms with van der Waals surface area (Å²) in [5, 5.41) is 10.1. The third kappa shape index (κ3) is 4.14. The van der Waals surface area contributed by atoms with Gasteiger partial charge in [-0.15, -0.1) is 0 Å². The van der Waals surface area contributed by atoms with Crippen molar-refractivity contribution in [1.29, 1.82) is 0 Å². The van der Waals surface area contributed by atoms with E-state index in [1.165, 1.54) is 5.69 Å². The third-order valence-corrected chi connectivity index (χ3v) is 5.18. The summed E-state index contributed by atoms with van der Waals surface area (Å²) in [5.74, 6) is 0.531. The van der Waals surface area contributed by atoms with Gasteiger partial charge in [-0.25, -0.2) is 4.79 Å². The van der Waals surface area contributed by atoms with Crippen LogP contribution in [0.15, 0.2) is 65.1 Å². The van der Waals surface area contributed by atoms with Gasteiger partial charge in [-0.1, -0.05) is 46.3 Å². The summed E-state index contributed by atoms with van der Waals surface area (Å²) in [5.41, 5.74) is 3.08. The minimum atomic E-state index is -0.114. The van der Waals surface area contributed by atoms with Crippen molar-refractivity contribution in [2.24, 2.45) is 0 Å². The quantitative estimate of drug-likeness (QED) is 0.660. The number of anilines is 2. The normalized spacial score (nSPS) is 14.3. The molecular formula is C20H20BrN5O. The van der Waals surface area contributed by atoms with Crippen LogP contribution in [0.25, 0.3) is 11.3 Å². The number of carbonyl (C=O) groups excluding carboxylic acids is 1. The van der Waals surface area contributed by atoms with Gasteiger partial charge in [0.15, 0.2) is 5.82 Å². The Balaban J connectivity index is 1.34. The van der Waals surface area contributed by atoms with Crippen molar-refractivity contribution in [2.75, 3.05) is 36.4 Å². The molecule has 0 atom stereocenters. The molecule has 2 N–H and O–H groups in total. The van der Waals surface area contributed by atoms with Gasteiger partial charge in [0.05, 0.1) is 5.69 Å². The molecule has 1 aliphatic heterocycles. The van der Waals surface area contributed by atoms with Gasteiger partial charge in [-0.2, -0.15) is 5.10 Å². The highest BCUT2D eigenvalue weighted by Gasteiger charge is 2.21. The molecule has 0 unspecified atom stereocenters. The molecule has 2 amide bonds. The first kappa shape index (κ1) is 17.6. The summed E-state index contributed by atoms with van der Waals surface area (Å²) in [6, 6.07) is 20.0. The maximum Gasteiger partial charge on any atom is 0.323 e. The van der Waals surface area contributed by atoms with Gasteiger partial charge in [0.2, 0.25) is 0 Å². The van der Waals surface area contributed by atoms with Crippen molar-refractivity contribution >= 4 is 33.5 Å². The second-order valence-electron chi connectivity index (χ2n) is 6.41. The summed E-state index contributed by atoms with van der Waals surface area (Å²) < 4.78 is 1.02. The zero-order valence-corrected chi connectivity index (χ0v) is 16.3. The summed E-state index contributed by atoms with van der Waals surface area (Å²) in [7, 11) is 0. The predicted octanol–water partition coefficient (Wildman–Crippen LogP) is 4.19. The van der Waals surface area contributed by atoms with Gasteiger partial charge >= 0.3 is 6.03 Å². The number of halogens is 1. The van der Waals surface area contributed by atoms with Gasteiger partial charge in [0, 0.05) is 42.4 Å². The molecule has 2 aromatic carbocycles. The van der Waals surface area contributed by atoms with Crippen LogP contribution in [0.1, 0.15) is 0 Å². The van der Waals surface area contributed by atoms with Gasteiger partial charge in [0.25, 0.3) is 0 Å². The van der Waals surface area contributed by atoms with Crippen LogP contribution in [-0.4, -0.2) is 47.3 Å². The number of amides is 2. The van der Waals surface area contributed by atoms with E-state index in [1.54, 1.807) is 0 Å². The summed E-state index contributed by atoms with van der Waals surface area (Å²) >= 11 is 3.43. The second kappa shape index (κ2) is 7.84. The second-order valence-corrected chi connectivity index (χ2v) is 7.33. The number of para-hydroxylation sites is 1. The summed E-state index contributed by atoms with van der Waals surface area (Å²) in [4.78, 5) is 16.7. The van der Waals surface area contributed by atoms with Gasteiger partial charge in [0.1, 0.15) is 0 Å². The molecule has 7 heteroatoms. The molecular weight excluding hydrogens is 406 g/mol. The predicted molar refractivity (Wildman–Crippen MR) is 111 cm³/mol. The number of aromatic amines is 1. The lowest BCUT2D eigenvalue weighted by Gasteiger charge is -2.35. The molecule has 0 radical (unpaired) electrons. The van der Waals surface area contributed by atoms with Crippen LogP contribution in [0.3, 0.4) is 0 Å². The number of nitrogens with zero attached hydrogens (tertiary/aromatic N) is 3. The van der Waals surface area contributed by atoms with E-state index in [0.29, 0.717) is 18.9 Å². The Morgan fingerprint density at radius 2 is 1.70 bits per heavy atom. The fourth-order valence-corrected chi connectivity index (χ4v) is 3.42. The number of hydrogen-bond acceptors (Lipinski definition) is 3. The van der Waals surface area contributed by atoms with Gasteiger partial charge in [-0.05, 0) is 29.8 Å². The standard InChI is InChI=1S/C20H20BrN5O/c21-16-8-6-15(7-9-16)18-14-19(24-23-18)22-20(27)26-12-10-25(11-13-26)17-4-2-1-3-5-17/h1-9,14H,10-13H2,(H2,22,23,24,27). The number of benzene rings is 2. The number of hydrogen-bond donors (Lipinski definition) is 2. The Morgan fingerprint density at radius 1 is 1.00 bits per heavy atom. The first-order valence-electron chi connectivity index (χ1n) is 8.86. The number of urea groups is 1. The molecule has 0 saturated carbocycles. The van der Waals surface area contributed by atoms with Crippen molar-refractivity contribution in [3.8, 4) is 11.3 Å². The van der Waals surface area contributed by atoms with Crippen LogP contribution in [0, 0.1) is 0 Å². The molecule has 1 aliphatic rings. The van der Waals surface area contributed by atoms with Gasteiger partial charge < -0.3 is 9.80 Å². The average Bonchev–Trinajstić information content (AvgIpc) is 3.18. The van der Waals surface area contributed by atoms with Crippen molar-refractivity contribution < 1.29 is 4.79 Å². The van der Waals surface area contributed by atoms with Crippen LogP contribution in [0.4, 0.5) is 16.3 Å². The number of aromatic nitrogens is 2. The molecule has 27 heavy (non-hydrogen) atoms. The van der Waals surface area contributed by atoms with Crippen LogP contribution in [0.5, 0.6) is 0 Å². The highest BCUT2D eigenvalue weighted by molar-refractivity contribution is 9.10. The third-order valence-electron chi connectivity index (χ3n) is 4.66. The largest absolute Gasteiger partial charge is 0.368 e. The zero-order valence-electron chi connectivity index (χ0n) is 14.7. The molecule has 6 nitrogen and oxygen atoms in total. The van der Waals surface area contributed by atoms with Crippen molar-refractivity contribution in [3.05, 3.63) is 65.1 Å². The average molecular weight is 426 g/mol. The SMILES string of the molecule is O=C(Nc1cc(-c2ccc(Br)cc2)[nH]n1)N1CCN(c2ccccc2)CC1. The van der Waals surface area contributed by atoms with E-state index < -0.39 is 0 Å². The lowest BCUT2D eigenvalue weighted by molar-refractivity contribution is 0.208. The highest BCUT2D eigenvalue weighted by Crippen LogP contribution is 2.22. The Hall–Kier alpha value is -2.80. The van der Waals surface area contributed by atoms with Crippen molar-refractivity contribution in [3.63, 3.8) is 0 Å². The molecule has 138 valence electrons. The van der Waals surface area contributed by atoms with Crippen LogP contribution >= 0.6 is 15.9 Å². The first-order valence-corrected chi connectivity index (χ1v) is 9.65. The lowest BCUT2D eigenvalue weighted by Crippen LogP contribution is -2.50. The molecule has 2 heterocycles. The van der Waals surface area contributed by atoms with E-state index in [9.17, 15) is 4.79 Å². The molecule has 4 rings (SSSR count). The zero-order chi connectivity index (χ0) is 18.6. The van der Waals surface area contributed by atoms with Crippen LogP contribution < -0.4 is 10.2 Å². The van der Waals surface area contributed by atoms with E-state index in [4.69, 9.17) is 0 Å². The molecule has 1 aromatic heterocycles. The number of carbonyl (C=O) groups is 1. The van der Waals surface area contributed by atoms with Crippen molar-refractivity contribution in [1.82, 2.24) is 15.1 Å². The Morgan fingerprint density at radius 3 is 2.41 bits per heavy atom. The minimum Gasteiger partial charge on any atom is -0.368 e. The smallest absolute Gasteiger partial charge is 0.323 e. The maximum atomic E-state index is 12.5. The minimum absolute atomic E-state index is 0.114. The molecule has 0 spiro atoms. The number of H-pyrrole nitrogens is 1. The Bertz CT molecular complexity index is 902. The van der Waals surface area contributed by atoms with E-state index in [1.807, 2.05) is 53.4 Å². The highest BCUT2D eigenvalue weighted by atomic mass is 79.9. The fraction of sp³-hybridized carbons (Fsp3) is 0.200. The molecule has 1 fully saturated rings. The number of rotatable bonds is 3. The van der Waals surface area contributed by atoms with E-state index in [2.05, 4.69) is 48.5 Å². The molecule has 0 aliphatic carbocycles. The van der Waals surface area contributed by atoms with E-state index in [-0.39, 0.29) is 6.03 Å². The van der Waals surface area contributed by atoms with Crippen molar-refractivity contribution in [2.45, 2.75) is 0 Å². The summed E-state index contributed by atoms with van der Waals surface area (Å²) in [6.45, 7) is 3.01. The van der Waals surface area contributed by atoms with Crippen LogP contribution in [-0.2, 0) is 0 Å². The molecule has 1 saturated heterocycles. The number of nitrogens with one attached hydrogen (secondary N) is 2. The monoisotopic (exact) mass is 425 g/mol. The Labute approximate surface area is 166 Å². The molecule has 0 bridgehead atoms. The lowest BCUT2D eigenvalue weighted by atomic mass is 10.1. The van der Waals surface area contributed by atoms with Crippen LogP contribution in [0.2, 0.25) is 0 Å². The van der Waals surface area contributed by atoms with E-state index in [0.717, 1.165) is 28.8 Å². The van der Waals surface area contributed by atoms with Gasteiger partial charge in [-0.3, -0.25) is 10.4 Å². The summed E-state index contributed by atoms with van der Waals surface area (Å²) in [6.07, 6.45) is 0. The fourth-order valence-electron chi connectivity index (χ4n) is 3.16. The topological polar surface area (TPSA) is 64.3 Å². The maximum absolute atomic E-state index is 12.5. The molecule has 3 aromatic rings. The number of piperazine rings is 1. The first-order chi connectivity index (χ1) is 13.2. The Kier molecular flexibility index (Phi) is 5.11.